The zero-order valence-corrected chi connectivity index (χ0v) is 17.2. The molecule has 1 aromatic heterocycles. The van der Waals surface area contributed by atoms with Crippen molar-refractivity contribution >= 4 is 40.2 Å². The molecular weight excluding hydrogens is 393 g/mol. The van der Waals surface area contributed by atoms with E-state index < -0.39 is 0 Å². The molecular formula is C24H24FN5O. The van der Waals surface area contributed by atoms with Crippen molar-refractivity contribution in [1.82, 2.24) is 4.57 Å². The van der Waals surface area contributed by atoms with Gasteiger partial charge in [-0.3, -0.25) is 4.99 Å². The summed E-state index contributed by atoms with van der Waals surface area (Å²) in [5, 5.41) is 11.7. The first-order chi connectivity index (χ1) is 15.1. The summed E-state index contributed by atoms with van der Waals surface area (Å²) >= 11 is 0. The Balaban J connectivity index is 1.90. The van der Waals surface area contributed by atoms with E-state index in [0.29, 0.717) is 13.1 Å². The van der Waals surface area contributed by atoms with Crippen LogP contribution in [0.3, 0.4) is 0 Å². The third-order valence-corrected chi connectivity index (χ3v) is 5.38. The van der Waals surface area contributed by atoms with Crippen molar-refractivity contribution < 1.29 is 9.50 Å². The first kappa shape index (κ1) is 20.6. The van der Waals surface area contributed by atoms with Gasteiger partial charge < -0.3 is 20.3 Å². The monoisotopic (exact) mass is 417 g/mol. The fourth-order valence-corrected chi connectivity index (χ4v) is 3.89. The lowest BCUT2D eigenvalue weighted by molar-refractivity contribution is 0.220. The standard InChI is InChI=1S/C24H24FN5O/c1-29(10-9-27-15-28-14-26)23-13-21-20-11-18(25)7-8-22(20)30(16-31)24(21)12-19(23)17-5-3-2-4-6-17/h2-8,11-15,31H,9-10,16H2,1H3,(H2,26,27,28). The van der Waals surface area contributed by atoms with Gasteiger partial charge in [-0.05, 0) is 35.9 Å². The summed E-state index contributed by atoms with van der Waals surface area (Å²) in [6.45, 7) is 1.02. The van der Waals surface area contributed by atoms with Gasteiger partial charge in [0, 0.05) is 35.6 Å². The molecule has 0 aliphatic heterocycles. The largest absolute Gasteiger partial charge is 0.390 e. The molecule has 3 aromatic carbocycles. The Labute approximate surface area is 179 Å². The highest BCUT2D eigenvalue weighted by Gasteiger charge is 2.17. The number of nitrogens with two attached hydrogens (primary N) is 1. The molecule has 0 spiro atoms. The summed E-state index contributed by atoms with van der Waals surface area (Å²) in [6.07, 6.45) is 2.64. The molecule has 0 saturated carbocycles. The van der Waals surface area contributed by atoms with Crippen molar-refractivity contribution in [2.45, 2.75) is 6.73 Å². The molecule has 4 aromatic rings. The third kappa shape index (κ3) is 4.00. The van der Waals surface area contributed by atoms with Crippen LogP contribution in [0.25, 0.3) is 32.9 Å². The maximum absolute atomic E-state index is 14.0. The number of fused-ring (bicyclic) bond motifs is 3. The second kappa shape index (κ2) is 8.97. The van der Waals surface area contributed by atoms with Gasteiger partial charge in [0.1, 0.15) is 18.9 Å². The van der Waals surface area contributed by atoms with Gasteiger partial charge in [-0.25, -0.2) is 9.38 Å². The number of aliphatic hydroxyl groups is 1. The lowest BCUT2D eigenvalue weighted by Crippen LogP contribution is -2.21. The number of hydrogen-bond acceptors (Lipinski definition) is 3. The van der Waals surface area contributed by atoms with E-state index in [9.17, 15) is 9.50 Å². The van der Waals surface area contributed by atoms with Gasteiger partial charge in [0.05, 0.1) is 23.9 Å². The predicted octanol–water partition coefficient (Wildman–Crippen LogP) is 4.00. The molecule has 0 unspecified atom stereocenters. The van der Waals surface area contributed by atoms with Crippen LogP contribution in [0.15, 0.2) is 70.6 Å². The van der Waals surface area contributed by atoms with Crippen LogP contribution in [0.5, 0.6) is 0 Å². The number of likely N-dealkylation sites (N-methyl/N-ethyl adjacent to an activating group) is 1. The Bertz CT molecular complexity index is 1260. The van der Waals surface area contributed by atoms with E-state index >= 15 is 0 Å². The molecule has 0 fully saturated rings. The highest BCUT2D eigenvalue weighted by molar-refractivity contribution is 6.11. The van der Waals surface area contributed by atoms with Gasteiger partial charge in [-0.1, -0.05) is 30.3 Å². The molecule has 158 valence electrons. The number of aromatic nitrogens is 1. The summed E-state index contributed by atoms with van der Waals surface area (Å²) in [5.41, 5.74) is 9.96. The smallest absolute Gasteiger partial charge is 0.123 e. The summed E-state index contributed by atoms with van der Waals surface area (Å²) in [7, 11) is 2.00. The summed E-state index contributed by atoms with van der Waals surface area (Å²) in [5.74, 6) is -0.304. The molecule has 0 amide bonds. The van der Waals surface area contributed by atoms with Crippen molar-refractivity contribution in [3.8, 4) is 11.1 Å². The van der Waals surface area contributed by atoms with Crippen molar-refractivity contribution in [1.29, 1.82) is 0 Å². The maximum Gasteiger partial charge on any atom is 0.123 e. The highest BCUT2D eigenvalue weighted by Crippen LogP contribution is 2.39. The van der Waals surface area contributed by atoms with Crippen LogP contribution in [0.1, 0.15) is 0 Å². The van der Waals surface area contributed by atoms with Crippen molar-refractivity contribution in [3.63, 3.8) is 0 Å². The fourth-order valence-electron chi connectivity index (χ4n) is 3.89. The number of hydrogen-bond donors (Lipinski definition) is 2. The molecule has 0 aliphatic rings. The maximum atomic E-state index is 14.0. The van der Waals surface area contributed by atoms with Crippen molar-refractivity contribution in [2.24, 2.45) is 15.7 Å². The average Bonchev–Trinajstić information content (AvgIpc) is 3.10. The van der Waals surface area contributed by atoms with E-state index in [1.54, 1.807) is 10.6 Å². The molecule has 0 radical (unpaired) electrons. The SMILES string of the molecule is CN(CCN=CN=CN)c1cc2c3cc(F)ccc3n(CO)c2cc1-c1ccccc1. The quantitative estimate of drug-likeness (QED) is 0.352. The van der Waals surface area contributed by atoms with Gasteiger partial charge in [0.15, 0.2) is 0 Å². The normalized spacial score (nSPS) is 12.0. The second-order valence-corrected chi connectivity index (χ2v) is 7.22. The molecule has 0 saturated heterocycles. The van der Waals surface area contributed by atoms with Crippen molar-refractivity contribution in [3.05, 3.63) is 66.5 Å². The number of nitrogens with zero attached hydrogens (tertiary/aromatic N) is 4. The van der Waals surface area contributed by atoms with E-state index in [4.69, 9.17) is 5.73 Å². The molecule has 0 aliphatic carbocycles. The molecule has 31 heavy (non-hydrogen) atoms. The van der Waals surface area contributed by atoms with Crippen molar-refractivity contribution in [2.75, 3.05) is 25.0 Å². The number of aliphatic hydroxyl groups excluding tert-OH is 1. The Morgan fingerprint density at radius 3 is 2.58 bits per heavy atom. The van der Waals surface area contributed by atoms with Gasteiger partial charge in [0.2, 0.25) is 0 Å². The van der Waals surface area contributed by atoms with Crippen LogP contribution >= 0.6 is 0 Å². The molecule has 4 rings (SSSR count). The minimum Gasteiger partial charge on any atom is -0.390 e. The predicted molar refractivity (Wildman–Crippen MR) is 126 cm³/mol. The molecule has 6 nitrogen and oxygen atoms in total. The minimum atomic E-state index is -0.304. The number of halogens is 1. The van der Waals surface area contributed by atoms with E-state index in [1.807, 2.05) is 25.2 Å². The second-order valence-electron chi connectivity index (χ2n) is 7.22. The van der Waals surface area contributed by atoms with Gasteiger partial charge >= 0.3 is 0 Å². The van der Waals surface area contributed by atoms with E-state index in [0.717, 1.165) is 38.6 Å². The molecule has 7 heteroatoms. The lowest BCUT2D eigenvalue weighted by atomic mass is 10.00. The summed E-state index contributed by atoms with van der Waals surface area (Å²) in [4.78, 5) is 10.1. The Kier molecular flexibility index (Phi) is 5.95. The van der Waals surface area contributed by atoms with E-state index in [-0.39, 0.29) is 12.5 Å². The summed E-state index contributed by atoms with van der Waals surface area (Å²) < 4.78 is 15.8. The van der Waals surface area contributed by atoms with E-state index in [2.05, 4.69) is 39.2 Å². The van der Waals surface area contributed by atoms with Crippen LogP contribution in [0.2, 0.25) is 0 Å². The Morgan fingerprint density at radius 2 is 1.84 bits per heavy atom. The third-order valence-electron chi connectivity index (χ3n) is 5.38. The van der Waals surface area contributed by atoms with E-state index in [1.165, 1.54) is 24.8 Å². The zero-order valence-electron chi connectivity index (χ0n) is 17.2. The van der Waals surface area contributed by atoms with Gasteiger partial charge in [-0.2, -0.15) is 0 Å². The molecule has 1 heterocycles. The molecule has 0 atom stereocenters. The van der Waals surface area contributed by atoms with Gasteiger partial charge in [-0.15, -0.1) is 0 Å². The lowest BCUT2D eigenvalue weighted by Gasteiger charge is -2.22. The minimum absolute atomic E-state index is 0.189. The Hall–Kier alpha value is -3.71. The van der Waals surface area contributed by atoms with Gasteiger partial charge in [0.25, 0.3) is 0 Å². The zero-order chi connectivity index (χ0) is 21.8. The van der Waals surface area contributed by atoms with Crippen LogP contribution in [-0.4, -0.2) is 42.5 Å². The van der Waals surface area contributed by atoms with Crippen LogP contribution in [-0.2, 0) is 6.73 Å². The van der Waals surface area contributed by atoms with Crippen LogP contribution < -0.4 is 10.6 Å². The van der Waals surface area contributed by atoms with Crippen LogP contribution in [0, 0.1) is 5.82 Å². The topological polar surface area (TPSA) is 79.1 Å². The molecule has 3 N–H and O–H groups in total. The summed E-state index contributed by atoms with van der Waals surface area (Å²) in [6, 6.07) is 18.8. The van der Waals surface area contributed by atoms with Crippen LogP contribution in [0.4, 0.5) is 10.1 Å². The highest BCUT2D eigenvalue weighted by atomic mass is 19.1. The Morgan fingerprint density at radius 1 is 1.06 bits per heavy atom. The number of rotatable bonds is 7. The number of anilines is 1. The first-order valence-electron chi connectivity index (χ1n) is 9.98. The first-order valence-corrected chi connectivity index (χ1v) is 9.98. The molecule has 0 bridgehead atoms. The number of aliphatic imine (C=N–C) groups is 2. The average molecular weight is 417 g/mol. The fraction of sp³-hybridized carbons (Fsp3) is 0.167. The number of benzene rings is 3.